The van der Waals surface area contributed by atoms with Crippen molar-refractivity contribution >= 4 is 22.4 Å². The third kappa shape index (κ3) is 4.09. The van der Waals surface area contributed by atoms with E-state index >= 15 is 0 Å². The number of H-pyrrole nitrogens is 1. The first-order chi connectivity index (χ1) is 14.1. The Balaban J connectivity index is 1.48. The van der Waals surface area contributed by atoms with E-state index in [9.17, 15) is 4.79 Å². The van der Waals surface area contributed by atoms with Gasteiger partial charge in [-0.3, -0.25) is 9.89 Å². The van der Waals surface area contributed by atoms with Gasteiger partial charge in [-0.15, -0.1) is 0 Å². The Hall–Kier alpha value is -3.73. The van der Waals surface area contributed by atoms with Crippen LogP contribution in [0.2, 0.25) is 0 Å². The predicted octanol–water partition coefficient (Wildman–Crippen LogP) is 4.95. The Bertz CT molecular complexity index is 1190. The lowest BCUT2D eigenvalue weighted by Crippen LogP contribution is -2.19. The van der Waals surface area contributed by atoms with Crippen molar-refractivity contribution in [2.75, 3.05) is 0 Å². The SMILES string of the molecule is CCc1ccc(/C(C)=N/NC(=O)c2cc(-c3ccc4ccccc4c3)n[nH]2)cc1. The van der Waals surface area contributed by atoms with Gasteiger partial charge in [0.15, 0.2) is 0 Å². The van der Waals surface area contributed by atoms with Crippen molar-refractivity contribution in [3.8, 4) is 11.3 Å². The van der Waals surface area contributed by atoms with Crippen LogP contribution in [0.25, 0.3) is 22.0 Å². The summed E-state index contributed by atoms with van der Waals surface area (Å²) in [5.41, 5.74) is 7.63. The number of carbonyl (C=O) groups is 1. The fraction of sp³-hybridized carbons (Fsp3) is 0.125. The first-order valence-electron chi connectivity index (χ1n) is 9.62. The molecule has 0 saturated heterocycles. The summed E-state index contributed by atoms with van der Waals surface area (Å²) in [6, 6.07) is 24.2. The minimum absolute atomic E-state index is 0.325. The molecule has 0 unspecified atom stereocenters. The summed E-state index contributed by atoms with van der Waals surface area (Å²) in [7, 11) is 0. The maximum absolute atomic E-state index is 12.4. The van der Waals surface area contributed by atoms with Gasteiger partial charge in [0, 0.05) is 5.56 Å². The number of hydrazone groups is 1. The summed E-state index contributed by atoms with van der Waals surface area (Å²) in [6.45, 7) is 3.99. The van der Waals surface area contributed by atoms with E-state index in [4.69, 9.17) is 0 Å². The maximum Gasteiger partial charge on any atom is 0.289 e. The highest BCUT2D eigenvalue weighted by atomic mass is 16.2. The first kappa shape index (κ1) is 18.6. The molecule has 5 heteroatoms. The van der Waals surface area contributed by atoms with Gasteiger partial charge in [-0.2, -0.15) is 10.2 Å². The van der Waals surface area contributed by atoms with Crippen LogP contribution in [0.3, 0.4) is 0 Å². The molecular formula is C24H22N4O. The monoisotopic (exact) mass is 382 g/mol. The molecule has 0 atom stereocenters. The summed E-state index contributed by atoms with van der Waals surface area (Å²) in [5, 5.41) is 13.6. The maximum atomic E-state index is 12.4. The van der Waals surface area contributed by atoms with Crippen molar-refractivity contribution in [2.45, 2.75) is 20.3 Å². The number of rotatable bonds is 5. The highest BCUT2D eigenvalue weighted by molar-refractivity contribution is 6.00. The number of hydrogen-bond donors (Lipinski definition) is 2. The zero-order valence-electron chi connectivity index (χ0n) is 16.4. The molecule has 3 aromatic carbocycles. The van der Waals surface area contributed by atoms with Gasteiger partial charge in [0.25, 0.3) is 5.91 Å². The number of amides is 1. The van der Waals surface area contributed by atoms with Gasteiger partial charge in [0.1, 0.15) is 5.69 Å². The summed E-state index contributed by atoms with van der Waals surface area (Å²) >= 11 is 0. The number of nitrogens with one attached hydrogen (secondary N) is 2. The summed E-state index contributed by atoms with van der Waals surface area (Å²) in [4.78, 5) is 12.4. The Labute approximate surface area is 169 Å². The van der Waals surface area contributed by atoms with Crippen LogP contribution in [0.5, 0.6) is 0 Å². The highest BCUT2D eigenvalue weighted by Gasteiger charge is 2.11. The van der Waals surface area contributed by atoms with Gasteiger partial charge in [-0.25, -0.2) is 5.43 Å². The molecule has 0 radical (unpaired) electrons. The van der Waals surface area contributed by atoms with Crippen molar-refractivity contribution < 1.29 is 4.79 Å². The molecule has 0 aliphatic heterocycles. The average Bonchev–Trinajstić information content (AvgIpc) is 3.27. The number of fused-ring (bicyclic) bond motifs is 1. The smallest absolute Gasteiger partial charge is 0.272 e. The molecule has 0 fully saturated rings. The van der Waals surface area contributed by atoms with Gasteiger partial charge >= 0.3 is 0 Å². The third-order valence-corrected chi connectivity index (χ3v) is 4.97. The standard InChI is InChI=1S/C24H22N4O/c1-3-17-8-10-18(11-9-17)16(2)25-28-24(29)23-15-22(26-27-23)21-13-12-19-6-4-5-7-20(19)14-21/h4-15H,3H2,1-2H3,(H,26,27)(H,28,29)/b25-16+. The number of hydrogen-bond acceptors (Lipinski definition) is 3. The van der Waals surface area contributed by atoms with E-state index in [2.05, 4.69) is 64.0 Å². The summed E-state index contributed by atoms with van der Waals surface area (Å²) < 4.78 is 0. The largest absolute Gasteiger partial charge is 0.289 e. The quantitative estimate of drug-likeness (QED) is 0.379. The zero-order valence-corrected chi connectivity index (χ0v) is 16.4. The second-order valence-corrected chi connectivity index (χ2v) is 6.92. The van der Waals surface area contributed by atoms with E-state index in [0.717, 1.165) is 34.3 Å². The second-order valence-electron chi connectivity index (χ2n) is 6.92. The number of aromatic nitrogens is 2. The zero-order chi connectivity index (χ0) is 20.2. The van der Waals surface area contributed by atoms with E-state index in [1.165, 1.54) is 10.9 Å². The number of carbonyl (C=O) groups excluding carboxylic acids is 1. The Morgan fingerprint density at radius 3 is 2.52 bits per heavy atom. The average molecular weight is 382 g/mol. The van der Waals surface area contributed by atoms with E-state index in [1.807, 2.05) is 37.3 Å². The van der Waals surface area contributed by atoms with Crippen LogP contribution >= 0.6 is 0 Å². The molecule has 0 bridgehead atoms. The minimum Gasteiger partial charge on any atom is -0.272 e. The van der Waals surface area contributed by atoms with E-state index in [-0.39, 0.29) is 5.91 Å². The molecule has 1 heterocycles. The lowest BCUT2D eigenvalue weighted by atomic mass is 10.1. The van der Waals surface area contributed by atoms with Crippen molar-refractivity contribution in [3.63, 3.8) is 0 Å². The molecule has 1 aromatic heterocycles. The molecule has 1 amide bonds. The van der Waals surface area contributed by atoms with Crippen LogP contribution in [-0.2, 0) is 6.42 Å². The normalized spacial score (nSPS) is 11.6. The molecule has 0 aliphatic carbocycles. The number of aryl methyl sites for hydroxylation is 1. The fourth-order valence-corrected chi connectivity index (χ4v) is 3.18. The first-order valence-corrected chi connectivity index (χ1v) is 9.62. The summed E-state index contributed by atoms with van der Waals surface area (Å²) in [6.07, 6.45) is 0.993. The Morgan fingerprint density at radius 2 is 1.76 bits per heavy atom. The van der Waals surface area contributed by atoms with Gasteiger partial charge in [-0.1, -0.05) is 67.6 Å². The molecule has 0 aliphatic rings. The van der Waals surface area contributed by atoms with E-state index in [1.54, 1.807) is 6.07 Å². The Morgan fingerprint density at radius 1 is 1.00 bits per heavy atom. The topological polar surface area (TPSA) is 70.1 Å². The number of nitrogens with zero attached hydrogens (tertiary/aromatic N) is 2. The van der Waals surface area contributed by atoms with Gasteiger partial charge in [-0.05, 0) is 47.4 Å². The lowest BCUT2D eigenvalue weighted by molar-refractivity contribution is 0.0950. The number of aromatic amines is 1. The van der Waals surface area contributed by atoms with Crippen molar-refractivity contribution in [1.82, 2.24) is 15.6 Å². The molecule has 0 saturated carbocycles. The van der Waals surface area contributed by atoms with Crippen molar-refractivity contribution in [2.24, 2.45) is 5.10 Å². The van der Waals surface area contributed by atoms with Crippen LogP contribution in [0.1, 0.15) is 35.5 Å². The predicted molar refractivity (Wildman–Crippen MR) is 117 cm³/mol. The summed E-state index contributed by atoms with van der Waals surface area (Å²) in [5.74, 6) is -0.325. The fourth-order valence-electron chi connectivity index (χ4n) is 3.18. The van der Waals surface area contributed by atoms with Gasteiger partial charge in [0.05, 0.1) is 11.4 Å². The molecule has 0 spiro atoms. The Kier molecular flexibility index (Phi) is 5.20. The van der Waals surface area contributed by atoms with Gasteiger partial charge < -0.3 is 0 Å². The van der Waals surface area contributed by atoms with Crippen LogP contribution in [-0.4, -0.2) is 21.8 Å². The highest BCUT2D eigenvalue weighted by Crippen LogP contribution is 2.23. The van der Waals surface area contributed by atoms with Crippen molar-refractivity contribution in [1.29, 1.82) is 0 Å². The third-order valence-electron chi connectivity index (χ3n) is 4.97. The van der Waals surface area contributed by atoms with Crippen LogP contribution in [0.15, 0.2) is 77.9 Å². The number of benzene rings is 3. The van der Waals surface area contributed by atoms with E-state index < -0.39 is 0 Å². The molecule has 29 heavy (non-hydrogen) atoms. The van der Waals surface area contributed by atoms with Crippen LogP contribution in [0.4, 0.5) is 0 Å². The molecular weight excluding hydrogens is 360 g/mol. The molecule has 2 N–H and O–H groups in total. The lowest BCUT2D eigenvalue weighted by Gasteiger charge is -2.03. The van der Waals surface area contributed by atoms with Gasteiger partial charge in [0.2, 0.25) is 0 Å². The molecule has 4 aromatic rings. The minimum atomic E-state index is -0.325. The second kappa shape index (κ2) is 8.10. The van der Waals surface area contributed by atoms with E-state index in [0.29, 0.717) is 5.69 Å². The molecule has 4 rings (SSSR count). The van der Waals surface area contributed by atoms with Crippen LogP contribution < -0.4 is 5.43 Å². The molecule has 144 valence electrons. The van der Waals surface area contributed by atoms with Crippen LogP contribution in [0, 0.1) is 0 Å². The molecule has 5 nitrogen and oxygen atoms in total. The van der Waals surface area contributed by atoms with Crippen molar-refractivity contribution in [3.05, 3.63) is 89.6 Å².